The maximum atomic E-state index is 5.08. The molecule has 0 saturated carbocycles. The first kappa shape index (κ1) is 13.9. The van der Waals surface area contributed by atoms with E-state index in [1.54, 1.807) is 7.11 Å². The normalized spacial score (nSPS) is 16.3. The maximum absolute atomic E-state index is 5.08. The Bertz CT molecular complexity index is 129. The molecule has 2 unspecified atom stereocenters. The van der Waals surface area contributed by atoms with Gasteiger partial charge in [0.15, 0.2) is 0 Å². The summed E-state index contributed by atoms with van der Waals surface area (Å²) in [5, 5.41) is 3.48. The fraction of sp³-hybridized carbons (Fsp3) is 1.00. The SMILES string of the molecule is COCC(C)NCC(C(C)C)N(C)C. The van der Waals surface area contributed by atoms with Gasteiger partial charge >= 0.3 is 0 Å². The summed E-state index contributed by atoms with van der Waals surface area (Å²) in [6, 6.07) is 1.02. The fourth-order valence-electron chi connectivity index (χ4n) is 1.65. The summed E-state index contributed by atoms with van der Waals surface area (Å²) >= 11 is 0. The summed E-state index contributed by atoms with van der Waals surface area (Å²) in [5.74, 6) is 0.673. The average Bonchev–Trinajstić information content (AvgIpc) is 2.03. The molecule has 0 radical (unpaired) electrons. The number of rotatable bonds is 7. The summed E-state index contributed by atoms with van der Waals surface area (Å²) < 4.78 is 5.08. The van der Waals surface area contributed by atoms with Crippen molar-refractivity contribution in [3.63, 3.8) is 0 Å². The van der Waals surface area contributed by atoms with E-state index in [-0.39, 0.29) is 0 Å². The highest BCUT2D eigenvalue weighted by Crippen LogP contribution is 2.06. The number of ether oxygens (including phenoxy) is 1. The van der Waals surface area contributed by atoms with E-state index in [2.05, 4.69) is 45.1 Å². The van der Waals surface area contributed by atoms with Gasteiger partial charge in [-0.1, -0.05) is 13.8 Å². The summed E-state index contributed by atoms with van der Waals surface area (Å²) in [7, 11) is 6.00. The molecule has 0 bridgehead atoms. The molecule has 0 aliphatic rings. The van der Waals surface area contributed by atoms with Crippen LogP contribution < -0.4 is 5.32 Å². The Balaban J connectivity index is 3.82. The van der Waals surface area contributed by atoms with Gasteiger partial charge < -0.3 is 15.0 Å². The minimum atomic E-state index is 0.432. The largest absolute Gasteiger partial charge is 0.383 e. The van der Waals surface area contributed by atoms with Crippen molar-refractivity contribution >= 4 is 0 Å². The Hall–Kier alpha value is -0.120. The fourth-order valence-corrected chi connectivity index (χ4v) is 1.65. The van der Waals surface area contributed by atoms with Gasteiger partial charge in [0.05, 0.1) is 6.61 Å². The summed E-state index contributed by atoms with van der Waals surface area (Å²) in [5.41, 5.74) is 0. The molecule has 0 fully saturated rings. The molecule has 0 saturated heterocycles. The number of hydrogen-bond acceptors (Lipinski definition) is 3. The van der Waals surface area contributed by atoms with Gasteiger partial charge in [-0.2, -0.15) is 0 Å². The second-order valence-electron chi connectivity index (χ2n) is 4.54. The number of likely N-dealkylation sites (N-methyl/N-ethyl adjacent to an activating group) is 1. The van der Waals surface area contributed by atoms with Crippen molar-refractivity contribution in [3.05, 3.63) is 0 Å². The predicted molar refractivity (Wildman–Crippen MR) is 61.7 cm³/mol. The highest BCUT2D eigenvalue weighted by molar-refractivity contribution is 4.74. The van der Waals surface area contributed by atoms with E-state index >= 15 is 0 Å². The Morgan fingerprint density at radius 2 is 1.79 bits per heavy atom. The molecule has 0 amide bonds. The maximum Gasteiger partial charge on any atom is 0.0613 e. The molecule has 86 valence electrons. The van der Waals surface area contributed by atoms with Gasteiger partial charge in [0.1, 0.15) is 0 Å². The number of methoxy groups -OCH3 is 1. The van der Waals surface area contributed by atoms with Crippen molar-refractivity contribution in [2.24, 2.45) is 5.92 Å². The topological polar surface area (TPSA) is 24.5 Å². The summed E-state index contributed by atoms with van der Waals surface area (Å²) in [6.45, 7) is 8.46. The molecule has 0 rings (SSSR count). The zero-order valence-corrected chi connectivity index (χ0v) is 10.5. The van der Waals surface area contributed by atoms with Crippen molar-refractivity contribution in [3.8, 4) is 0 Å². The minimum absolute atomic E-state index is 0.432. The Morgan fingerprint density at radius 3 is 2.14 bits per heavy atom. The number of nitrogens with one attached hydrogen (secondary N) is 1. The van der Waals surface area contributed by atoms with Crippen LogP contribution in [0, 0.1) is 5.92 Å². The molecule has 0 spiro atoms. The third-order valence-electron chi connectivity index (χ3n) is 2.52. The van der Waals surface area contributed by atoms with Gasteiger partial charge in [-0.05, 0) is 26.9 Å². The first-order valence-corrected chi connectivity index (χ1v) is 5.37. The minimum Gasteiger partial charge on any atom is -0.383 e. The van der Waals surface area contributed by atoms with Gasteiger partial charge in [-0.25, -0.2) is 0 Å². The van der Waals surface area contributed by atoms with E-state index in [1.807, 2.05) is 0 Å². The van der Waals surface area contributed by atoms with Crippen LogP contribution in [0.3, 0.4) is 0 Å². The van der Waals surface area contributed by atoms with Crippen LogP contribution in [0.1, 0.15) is 20.8 Å². The first-order chi connectivity index (χ1) is 6.49. The number of nitrogens with zero attached hydrogens (tertiary/aromatic N) is 1. The molecule has 0 aliphatic carbocycles. The number of hydrogen-bond donors (Lipinski definition) is 1. The molecule has 0 aromatic heterocycles. The lowest BCUT2D eigenvalue weighted by molar-refractivity contribution is 0.159. The van der Waals surface area contributed by atoms with Crippen LogP contribution in [0.4, 0.5) is 0 Å². The third kappa shape index (κ3) is 5.58. The molecule has 3 nitrogen and oxygen atoms in total. The summed E-state index contributed by atoms with van der Waals surface area (Å²) in [4.78, 5) is 2.27. The van der Waals surface area contributed by atoms with E-state index < -0.39 is 0 Å². The quantitative estimate of drug-likeness (QED) is 0.671. The van der Waals surface area contributed by atoms with Crippen LogP contribution in [0.25, 0.3) is 0 Å². The Kier molecular flexibility index (Phi) is 7.15. The zero-order valence-electron chi connectivity index (χ0n) is 10.5. The van der Waals surface area contributed by atoms with E-state index in [0.29, 0.717) is 18.0 Å². The van der Waals surface area contributed by atoms with Gasteiger partial charge in [-0.15, -0.1) is 0 Å². The van der Waals surface area contributed by atoms with Crippen molar-refractivity contribution in [1.29, 1.82) is 0 Å². The van der Waals surface area contributed by atoms with Crippen molar-refractivity contribution in [2.75, 3.05) is 34.4 Å². The molecular formula is C11H26N2O. The summed E-state index contributed by atoms with van der Waals surface area (Å²) in [6.07, 6.45) is 0. The van der Waals surface area contributed by atoms with Crippen LogP contribution in [-0.4, -0.2) is 51.3 Å². The molecular weight excluding hydrogens is 176 g/mol. The highest BCUT2D eigenvalue weighted by Gasteiger charge is 2.15. The molecule has 0 aromatic carbocycles. The van der Waals surface area contributed by atoms with E-state index in [1.165, 1.54) is 0 Å². The van der Waals surface area contributed by atoms with Crippen molar-refractivity contribution in [1.82, 2.24) is 10.2 Å². The van der Waals surface area contributed by atoms with Crippen molar-refractivity contribution < 1.29 is 4.74 Å². The van der Waals surface area contributed by atoms with E-state index in [4.69, 9.17) is 4.74 Å². The second kappa shape index (κ2) is 7.21. The molecule has 14 heavy (non-hydrogen) atoms. The molecule has 3 heteroatoms. The lowest BCUT2D eigenvalue weighted by Gasteiger charge is -2.29. The van der Waals surface area contributed by atoms with Gasteiger partial charge in [-0.3, -0.25) is 0 Å². The van der Waals surface area contributed by atoms with Crippen molar-refractivity contribution in [2.45, 2.75) is 32.9 Å². The van der Waals surface area contributed by atoms with Crippen LogP contribution in [0.2, 0.25) is 0 Å². The zero-order chi connectivity index (χ0) is 11.1. The third-order valence-corrected chi connectivity index (χ3v) is 2.52. The molecule has 1 N–H and O–H groups in total. The molecule has 0 heterocycles. The van der Waals surface area contributed by atoms with Crippen LogP contribution in [-0.2, 0) is 4.74 Å². The first-order valence-electron chi connectivity index (χ1n) is 5.37. The molecule has 0 aliphatic heterocycles. The highest BCUT2D eigenvalue weighted by atomic mass is 16.5. The van der Waals surface area contributed by atoms with Crippen LogP contribution in [0.15, 0.2) is 0 Å². The smallest absolute Gasteiger partial charge is 0.0613 e. The Morgan fingerprint density at radius 1 is 1.21 bits per heavy atom. The Labute approximate surface area is 88.8 Å². The van der Waals surface area contributed by atoms with Gasteiger partial charge in [0.2, 0.25) is 0 Å². The van der Waals surface area contributed by atoms with E-state index in [9.17, 15) is 0 Å². The predicted octanol–water partition coefficient (Wildman–Crippen LogP) is 1.20. The average molecular weight is 202 g/mol. The van der Waals surface area contributed by atoms with Crippen LogP contribution in [0.5, 0.6) is 0 Å². The van der Waals surface area contributed by atoms with E-state index in [0.717, 1.165) is 13.2 Å². The van der Waals surface area contributed by atoms with Gasteiger partial charge in [0, 0.05) is 25.7 Å². The van der Waals surface area contributed by atoms with Gasteiger partial charge in [0.25, 0.3) is 0 Å². The molecule has 0 aromatic rings. The lowest BCUT2D eigenvalue weighted by Crippen LogP contribution is -2.45. The monoisotopic (exact) mass is 202 g/mol. The lowest BCUT2D eigenvalue weighted by atomic mass is 10.0. The van der Waals surface area contributed by atoms with Crippen LogP contribution >= 0.6 is 0 Å². The molecule has 2 atom stereocenters. The standard InChI is InChI=1S/C11H26N2O/c1-9(2)11(13(4)5)7-12-10(3)8-14-6/h9-12H,7-8H2,1-6H3. The second-order valence-corrected chi connectivity index (χ2v) is 4.54.